The normalized spacial score (nSPS) is 13.0. The highest BCUT2D eigenvalue weighted by molar-refractivity contribution is 7.79. The molecule has 0 fully saturated rings. The largest absolute Gasteiger partial charge is 0.491 e. The molecule has 2 aromatic rings. The first kappa shape index (κ1) is 49.9. The lowest BCUT2D eigenvalue weighted by molar-refractivity contribution is 0.0754. The molecule has 0 saturated heterocycles. The zero-order valence-electron chi connectivity index (χ0n) is 34.9. The van der Waals surface area contributed by atoms with Gasteiger partial charge in [-0.3, -0.25) is 9.11 Å². The van der Waals surface area contributed by atoms with Crippen molar-refractivity contribution in [1.29, 1.82) is 0 Å². The van der Waals surface area contributed by atoms with E-state index in [2.05, 4.69) is 149 Å². The first-order valence-corrected chi connectivity index (χ1v) is 18.5. The molecule has 0 heterocycles. The monoisotopic (exact) mass is 727 g/mol. The van der Waals surface area contributed by atoms with Gasteiger partial charge in [0.15, 0.2) is 0 Å². The Morgan fingerprint density at radius 1 is 0.440 bits per heavy atom. The van der Waals surface area contributed by atoms with Crippen LogP contribution in [0, 0.1) is 0 Å². The second kappa shape index (κ2) is 17.5. The molecular formula is C40H74N2O7S. The lowest BCUT2D eigenvalue weighted by Gasteiger charge is -2.37. The highest BCUT2D eigenvalue weighted by Gasteiger charge is 2.35. The molecule has 0 bridgehead atoms. The summed E-state index contributed by atoms with van der Waals surface area (Å²) in [5, 5.41) is 0. The van der Waals surface area contributed by atoms with E-state index in [4.69, 9.17) is 31.7 Å². The first-order chi connectivity index (χ1) is 21.2. The van der Waals surface area contributed by atoms with Gasteiger partial charge in [0, 0.05) is 11.1 Å². The van der Waals surface area contributed by atoms with Crippen LogP contribution in [0.2, 0.25) is 0 Å². The van der Waals surface area contributed by atoms with E-state index in [9.17, 15) is 0 Å². The summed E-state index contributed by atoms with van der Waals surface area (Å²) < 4.78 is 50.5. The van der Waals surface area contributed by atoms with E-state index < -0.39 is 10.4 Å². The second-order valence-electron chi connectivity index (χ2n) is 19.0. The van der Waals surface area contributed by atoms with Crippen LogP contribution in [0.3, 0.4) is 0 Å². The van der Waals surface area contributed by atoms with Gasteiger partial charge in [0.05, 0.1) is 13.2 Å². The van der Waals surface area contributed by atoms with Gasteiger partial charge in [0.1, 0.15) is 24.7 Å². The fraction of sp³-hybridized carbons (Fsp3) is 0.700. The Kier molecular flexibility index (Phi) is 17.5. The number of rotatable bonds is 8. The summed E-state index contributed by atoms with van der Waals surface area (Å²) in [6.07, 6.45) is 0. The molecule has 0 spiro atoms. The molecule has 0 aliphatic heterocycles. The van der Waals surface area contributed by atoms with Crippen LogP contribution in [-0.4, -0.2) is 44.0 Å². The minimum Gasteiger partial charge on any atom is -0.491 e. The van der Waals surface area contributed by atoms with Gasteiger partial charge in [-0.2, -0.15) is 8.42 Å². The van der Waals surface area contributed by atoms with Gasteiger partial charge in [-0.15, -0.1) is 0 Å². The number of hydrogen-bond acceptors (Lipinski definition) is 7. The minimum absolute atomic E-state index is 0. The molecule has 0 atom stereocenters. The molecule has 8 N–H and O–H groups in total. The third-order valence-corrected chi connectivity index (χ3v) is 7.92. The summed E-state index contributed by atoms with van der Waals surface area (Å²) in [4.78, 5) is 0. The average Bonchev–Trinajstić information content (AvgIpc) is 2.82. The Morgan fingerprint density at radius 3 is 0.880 bits per heavy atom. The highest BCUT2D eigenvalue weighted by atomic mass is 32.3. The fourth-order valence-corrected chi connectivity index (χ4v) is 6.23. The second-order valence-corrected chi connectivity index (χ2v) is 19.9. The Morgan fingerprint density at radius 2 is 0.680 bits per heavy atom. The Balaban J connectivity index is 0. The summed E-state index contributed by atoms with van der Waals surface area (Å²) in [5.74, 6) is 1.93. The van der Waals surface area contributed by atoms with Crippen molar-refractivity contribution in [3.05, 3.63) is 57.6 Å². The van der Waals surface area contributed by atoms with Crippen molar-refractivity contribution in [1.82, 2.24) is 12.3 Å². The topological polar surface area (TPSA) is 172 Å². The van der Waals surface area contributed by atoms with Crippen molar-refractivity contribution in [2.45, 2.75) is 157 Å². The van der Waals surface area contributed by atoms with Crippen molar-refractivity contribution >= 4 is 10.4 Å². The highest BCUT2D eigenvalue weighted by Crippen LogP contribution is 2.46. The molecule has 2 aromatic carbocycles. The Labute approximate surface area is 306 Å². The van der Waals surface area contributed by atoms with Crippen LogP contribution in [0.15, 0.2) is 24.3 Å². The van der Waals surface area contributed by atoms with E-state index in [1.165, 1.54) is 33.4 Å². The maximum absolute atomic E-state index is 8.74. The van der Waals surface area contributed by atoms with Gasteiger partial charge < -0.3 is 26.5 Å². The summed E-state index contributed by atoms with van der Waals surface area (Å²) in [5.41, 5.74) is 8.22. The number of benzene rings is 2. The predicted octanol–water partition coefficient (Wildman–Crippen LogP) is 10.6. The molecule has 10 heteroatoms. The quantitative estimate of drug-likeness (QED) is 0.152. The van der Waals surface area contributed by atoms with Crippen molar-refractivity contribution in [2.75, 3.05) is 26.4 Å². The van der Waals surface area contributed by atoms with E-state index in [1.54, 1.807) is 0 Å². The van der Waals surface area contributed by atoms with Gasteiger partial charge >= 0.3 is 10.4 Å². The summed E-state index contributed by atoms with van der Waals surface area (Å²) in [7, 11) is -4.67. The maximum atomic E-state index is 8.74. The van der Waals surface area contributed by atoms with Crippen LogP contribution in [0.4, 0.5) is 0 Å². The molecule has 0 saturated carbocycles. The van der Waals surface area contributed by atoms with Crippen molar-refractivity contribution in [3.63, 3.8) is 0 Å². The van der Waals surface area contributed by atoms with Crippen molar-refractivity contribution in [2.24, 2.45) is 0 Å². The first-order valence-electron chi connectivity index (χ1n) is 17.1. The lowest BCUT2D eigenvalue weighted by atomic mass is 9.68. The van der Waals surface area contributed by atoms with Crippen LogP contribution >= 0.6 is 0 Å². The third-order valence-electron chi connectivity index (χ3n) is 7.92. The minimum atomic E-state index is -4.67. The van der Waals surface area contributed by atoms with E-state index in [0.717, 1.165) is 11.5 Å². The van der Waals surface area contributed by atoms with Gasteiger partial charge in [-0.1, -0.05) is 137 Å². The van der Waals surface area contributed by atoms with Crippen LogP contribution < -0.4 is 21.8 Å². The summed E-state index contributed by atoms with van der Waals surface area (Å²) in [6, 6.07) is 8.87. The molecule has 0 unspecified atom stereocenters. The number of ether oxygens (including phenoxy) is 3. The van der Waals surface area contributed by atoms with Gasteiger partial charge in [0.2, 0.25) is 0 Å². The molecule has 9 nitrogen and oxygen atoms in total. The van der Waals surface area contributed by atoms with Crippen LogP contribution in [-0.2, 0) is 47.6 Å². The van der Waals surface area contributed by atoms with Gasteiger partial charge in [-0.05, 0) is 66.9 Å². The zero-order valence-corrected chi connectivity index (χ0v) is 35.7. The van der Waals surface area contributed by atoms with Crippen molar-refractivity contribution < 1.29 is 31.7 Å². The zero-order chi connectivity index (χ0) is 37.9. The molecule has 0 amide bonds. The fourth-order valence-electron chi connectivity index (χ4n) is 6.23. The molecule has 292 valence electrons. The SMILES string of the molecule is CC(C)(C)c1ccc(OCCOCCOc2ccc(C(C)(C)C)c(C(C)(C)C)c2C(C)(C)C)c(C(C)(C)C)c1C(C)(C)C.N.N.O=S(=O)(O)O. The van der Waals surface area contributed by atoms with E-state index >= 15 is 0 Å². The predicted molar refractivity (Wildman–Crippen MR) is 211 cm³/mol. The standard InChI is InChI=1S/C40H66O3.2H3N.H2O4S/c1-35(2,3)27-19-21-29(33(39(13,14)15)31(27)37(7,8)9)42-25-23-41-24-26-43-30-22-20-28(36(4,5)6)32(38(10,11)12)34(30)40(16,17)18;;;1-5(2,3)4/h19-22H,23-26H2,1-18H3;2*1H3;(H2,1,2,3,4). The maximum Gasteiger partial charge on any atom is 0.394 e. The average molecular weight is 727 g/mol. The molecule has 0 aliphatic carbocycles. The third kappa shape index (κ3) is 15.2. The number of hydrogen-bond donors (Lipinski definition) is 4. The van der Waals surface area contributed by atoms with Gasteiger partial charge in [-0.25, -0.2) is 0 Å². The summed E-state index contributed by atoms with van der Waals surface area (Å²) in [6.45, 7) is 43.4. The Bertz CT molecular complexity index is 1370. The molecular weight excluding hydrogens is 653 g/mol. The molecule has 0 aliphatic rings. The molecule has 50 heavy (non-hydrogen) atoms. The lowest BCUT2D eigenvalue weighted by Crippen LogP contribution is -2.29. The molecule has 0 aromatic heterocycles. The van der Waals surface area contributed by atoms with Crippen LogP contribution in [0.1, 0.15) is 158 Å². The molecule has 0 radical (unpaired) electrons. The smallest absolute Gasteiger partial charge is 0.394 e. The van der Waals surface area contributed by atoms with Crippen molar-refractivity contribution in [3.8, 4) is 11.5 Å². The van der Waals surface area contributed by atoms with Crippen LogP contribution in [0.5, 0.6) is 11.5 Å². The van der Waals surface area contributed by atoms with Crippen LogP contribution in [0.25, 0.3) is 0 Å². The van der Waals surface area contributed by atoms with E-state index in [0.29, 0.717) is 26.4 Å². The van der Waals surface area contributed by atoms with Gasteiger partial charge in [0.25, 0.3) is 0 Å². The Hall–Kier alpha value is -2.21. The summed E-state index contributed by atoms with van der Waals surface area (Å²) >= 11 is 0. The molecule has 2 rings (SSSR count). The van der Waals surface area contributed by atoms with E-state index in [1.807, 2.05) is 0 Å². The van der Waals surface area contributed by atoms with E-state index in [-0.39, 0.29) is 44.8 Å².